The van der Waals surface area contributed by atoms with Gasteiger partial charge < -0.3 is 19.3 Å². The van der Waals surface area contributed by atoms with E-state index in [2.05, 4.69) is 0 Å². The van der Waals surface area contributed by atoms with Gasteiger partial charge in [-0.05, 0) is 0 Å². The minimum Gasteiger partial charge on any atom is -0.379 e. The van der Waals surface area contributed by atoms with E-state index in [0.29, 0.717) is 13.0 Å². The van der Waals surface area contributed by atoms with Crippen molar-refractivity contribution in [3.05, 3.63) is 0 Å². The first-order valence-electron chi connectivity index (χ1n) is 3.63. The molecule has 1 heterocycles. The highest BCUT2D eigenvalue weighted by Crippen LogP contribution is 2.16. The molecule has 0 aliphatic carbocycles. The Balaban J connectivity index is 2.37. The van der Waals surface area contributed by atoms with Gasteiger partial charge in [-0.3, -0.25) is 0 Å². The molecule has 0 spiro atoms. The number of aliphatic hydroxyl groups excluding tert-OH is 1. The van der Waals surface area contributed by atoms with Crippen LogP contribution in [-0.2, 0) is 14.2 Å². The molecule has 4 heteroatoms. The lowest BCUT2D eigenvalue weighted by molar-refractivity contribution is -0.222. The number of ether oxygens (including phenoxy) is 3. The first-order valence-corrected chi connectivity index (χ1v) is 3.63. The summed E-state index contributed by atoms with van der Waals surface area (Å²) >= 11 is 0. The summed E-state index contributed by atoms with van der Waals surface area (Å²) in [6.07, 6.45) is -0.322. The van der Waals surface area contributed by atoms with E-state index in [1.165, 1.54) is 0 Å². The third kappa shape index (κ3) is 2.13. The van der Waals surface area contributed by atoms with Crippen LogP contribution in [0.1, 0.15) is 6.42 Å². The van der Waals surface area contributed by atoms with Gasteiger partial charge in [-0.25, -0.2) is 0 Å². The zero-order chi connectivity index (χ0) is 8.27. The Morgan fingerprint density at radius 3 is 2.64 bits per heavy atom. The van der Waals surface area contributed by atoms with E-state index in [4.69, 9.17) is 14.2 Å². The van der Waals surface area contributed by atoms with Gasteiger partial charge in [0, 0.05) is 20.6 Å². The zero-order valence-electron chi connectivity index (χ0n) is 6.82. The zero-order valence-corrected chi connectivity index (χ0v) is 6.82. The molecule has 1 aliphatic heterocycles. The summed E-state index contributed by atoms with van der Waals surface area (Å²) in [6.45, 7) is 0.442. The molecule has 0 saturated carbocycles. The van der Waals surface area contributed by atoms with Gasteiger partial charge in [0.25, 0.3) is 0 Å². The molecule has 0 radical (unpaired) electrons. The maximum Gasteiger partial charge on any atom is 0.181 e. The fourth-order valence-corrected chi connectivity index (χ4v) is 1.13. The molecule has 1 saturated heterocycles. The quantitative estimate of drug-likeness (QED) is 0.608. The van der Waals surface area contributed by atoms with Crippen LogP contribution < -0.4 is 0 Å². The predicted octanol–water partition coefficient (Wildman–Crippen LogP) is -0.245. The van der Waals surface area contributed by atoms with E-state index in [0.717, 1.165) is 0 Å². The second-order valence-corrected chi connectivity index (χ2v) is 2.59. The van der Waals surface area contributed by atoms with Crippen molar-refractivity contribution in [2.45, 2.75) is 24.9 Å². The second kappa shape index (κ2) is 4.01. The number of rotatable bonds is 2. The van der Waals surface area contributed by atoms with Crippen LogP contribution in [0.3, 0.4) is 0 Å². The minimum absolute atomic E-state index is 0.0448. The standard InChI is InChI=1S/C7H14O4/c1-9-5-3-6(10-2)7(8)11-4-5/h5-8H,3-4H2,1-2H3/t5?,6-,7?/m1/s1. The predicted molar refractivity (Wildman–Crippen MR) is 38.2 cm³/mol. The Morgan fingerprint density at radius 1 is 1.36 bits per heavy atom. The van der Waals surface area contributed by atoms with Crippen LogP contribution in [0, 0.1) is 0 Å². The van der Waals surface area contributed by atoms with E-state index in [1.807, 2.05) is 0 Å². The maximum absolute atomic E-state index is 9.18. The van der Waals surface area contributed by atoms with Crippen LogP contribution in [0.2, 0.25) is 0 Å². The molecule has 1 aliphatic rings. The van der Waals surface area contributed by atoms with Crippen LogP contribution in [-0.4, -0.2) is 44.4 Å². The Bertz CT molecular complexity index is 117. The van der Waals surface area contributed by atoms with E-state index in [1.54, 1.807) is 14.2 Å². The largest absolute Gasteiger partial charge is 0.379 e. The van der Waals surface area contributed by atoms with Gasteiger partial charge in [-0.1, -0.05) is 0 Å². The van der Waals surface area contributed by atoms with Crippen molar-refractivity contribution >= 4 is 0 Å². The van der Waals surface area contributed by atoms with Crippen molar-refractivity contribution in [3.63, 3.8) is 0 Å². The van der Waals surface area contributed by atoms with E-state index in [-0.39, 0.29) is 12.2 Å². The van der Waals surface area contributed by atoms with Gasteiger partial charge in [0.1, 0.15) is 6.10 Å². The van der Waals surface area contributed by atoms with Gasteiger partial charge in [-0.15, -0.1) is 0 Å². The Labute approximate surface area is 66.1 Å². The molecule has 1 fully saturated rings. The first-order chi connectivity index (χ1) is 5.27. The number of hydrogen-bond donors (Lipinski definition) is 1. The van der Waals surface area contributed by atoms with Gasteiger partial charge in [0.05, 0.1) is 12.7 Å². The Morgan fingerprint density at radius 2 is 2.09 bits per heavy atom. The molecular weight excluding hydrogens is 148 g/mol. The molecule has 11 heavy (non-hydrogen) atoms. The summed E-state index contributed by atoms with van der Waals surface area (Å²) in [4.78, 5) is 0. The number of hydrogen-bond acceptors (Lipinski definition) is 4. The average Bonchev–Trinajstić information content (AvgIpc) is 2.05. The SMILES string of the molecule is COC1COC(O)[C@H](OC)C1. The summed E-state index contributed by atoms with van der Waals surface area (Å²) in [6, 6.07) is 0. The average molecular weight is 162 g/mol. The third-order valence-corrected chi connectivity index (χ3v) is 1.90. The van der Waals surface area contributed by atoms with E-state index in [9.17, 15) is 5.11 Å². The molecule has 1 rings (SSSR count). The highest BCUT2D eigenvalue weighted by atomic mass is 16.6. The van der Waals surface area contributed by atoms with Gasteiger partial charge >= 0.3 is 0 Å². The fourth-order valence-electron chi connectivity index (χ4n) is 1.13. The number of aliphatic hydroxyl groups is 1. The molecule has 2 unspecified atom stereocenters. The van der Waals surface area contributed by atoms with Crippen molar-refractivity contribution in [1.82, 2.24) is 0 Å². The lowest BCUT2D eigenvalue weighted by Crippen LogP contribution is -2.42. The topological polar surface area (TPSA) is 47.9 Å². The summed E-state index contributed by atoms with van der Waals surface area (Å²) in [5.74, 6) is 0. The maximum atomic E-state index is 9.18. The first kappa shape index (κ1) is 8.93. The monoisotopic (exact) mass is 162 g/mol. The highest BCUT2D eigenvalue weighted by molar-refractivity contribution is 4.73. The molecule has 66 valence electrons. The molecule has 4 nitrogen and oxygen atoms in total. The van der Waals surface area contributed by atoms with E-state index >= 15 is 0 Å². The minimum atomic E-state index is -0.800. The van der Waals surface area contributed by atoms with Gasteiger partial charge in [-0.2, -0.15) is 0 Å². The van der Waals surface area contributed by atoms with Crippen LogP contribution in [0.15, 0.2) is 0 Å². The fraction of sp³-hybridized carbons (Fsp3) is 1.00. The molecule has 0 aromatic rings. The van der Waals surface area contributed by atoms with Crippen LogP contribution >= 0.6 is 0 Å². The van der Waals surface area contributed by atoms with Crippen LogP contribution in [0.4, 0.5) is 0 Å². The van der Waals surface area contributed by atoms with Crippen molar-refractivity contribution in [2.24, 2.45) is 0 Å². The number of methoxy groups -OCH3 is 2. The summed E-state index contributed by atoms with van der Waals surface area (Å²) in [5, 5.41) is 9.18. The summed E-state index contributed by atoms with van der Waals surface area (Å²) in [7, 11) is 3.17. The van der Waals surface area contributed by atoms with Crippen molar-refractivity contribution in [3.8, 4) is 0 Å². The van der Waals surface area contributed by atoms with Crippen LogP contribution in [0.5, 0.6) is 0 Å². The summed E-state index contributed by atoms with van der Waals surface area (Å²) < 4.78 is 15.0. The van der Waals surface area contributed by atoms with E-state index < -0.39 is 6.29 Å². The third-order valence-electron chi connectivity index (χ3n) is 1.90. The normalized spacial score (nSPS) is 39.0. The highest BCUT2D eigenvalue weighted by Gasteiger charge is 2.29. The molecule has 0 bridgehead atoms. The smallest absolute Gasteiger partial charge is 0.181 e. The molecule has 0 amide bonds. The molecule has 3 atom stereocenters. The molecule has 0 aromatic heterocycles. The Hall–Kier alpha value is -0.160. The lowest BCUT2D eigenvalue weighted by atomic mass is 10.1. The van der Waals surface area contributed by atoms with Gasteiger partial charge in [0.15, 0.2) is 6.29 Å². The summed E-state index contributed by atoms with van der Waals surface area (Å²) in [5.41, 5.74) is 0. The van der Waals surface area contributed by atoms with Gasteiger partial charge in [0.2, 0.25) is 0 Å². The van der Waals surface area contributed by atoms with Crippen molar-refractivity contribution in [2.75, 3.05) is 20.8 Å². The van der Waals surface area contributed by atoms with Crippen LogP contribution in [0.25, 0.3) is 0 Å². The van der Waals surface area contributed by atoms with Crippen molar-refractivity contribution < 1.29 is 19.3 Å². The molecule has 0 aromatic carbocycles. The Kier molecular flexibility index (Phi) is 3.26. The lowest BCUT2D eigenvalue weighted by Gasteiger charge is -2.31. The molecule has 1 N–H and O–H groups in total. The van der Waals surface area contributed by atoms with Crippen molar-refractivity contribution in [1.29, 1.82) is 0 Å². The molecular formula is C7H14O4. The second-order valence-electron chi connectivity index (χ2n) is 2.59.